The van der Waals surface area contributed by atoms with Crippen LogP contribution in [0.25, 0.3) is 0 Å². The van der Waals surface area contributed by atoms with Crippen LogP contribution in [-0.2, 0) is 18.2 Å². The number of hydrogen-bond acceptors (Lipinski definition) is 3. The maximum atomic E-state index is 13.9. The first-order valence-electron chi connectivity index (χ1n) is 10.6. The van der Waals surface area contributed by atoms with Crippen LogP contribution in [0, 0.1) is 11.8 Å². The monoisotopic (exact) mass is 551 g/mol. The van der Waals surface area contributed by atoms with Gasteiger partial charge >= 0.3 is 0 Å². The van der Waals surface area contributed by atoms with Crippen LogP contribution < -0.4 is 9.64 Å². The van der Waals surface area contributed by atoms with Crippen LogP contribution >= 0.6 is 31.9 Å². The normalized spacial score (nSPS) is 29.5. The molecule has 2 bridgehead atoms. The lowest BCUT2D eigenvalue weighted by Gasteiger charge is -2.55. The molecule has 7 rings (SSSR count). The standard InChI is InChI=1S/C26H19Br2NO3/c1-2-32-16-13-11-15(12-14-16)29-23(30)21-22(24(29)31)26(28)18-8-4-3-7-17(18)25(21,27)19-9-5-6-10-20(19)26/h3-14,21-22H,2H2,1H3/t21-,22-,25?,26?/m0/s1. The number of carbonyl (C=O) groups excluding carboxylic acids is 2. The van der Waals surface area contributed by atoms with Crippen molar-refractivity contribution in [2.24, 2.45) is 11.8 Å². The van der Waals surface area contributed by atoms with Crippen molar-refractivity contribution in [2.45, 2.75) is 15.6 Å². The summed E-state index contributed by atoms with van der Waals surface area (Å²) in [6.07, 6.45) is 0. The highest BCUT2D eigenvalue weighted by Crippen LogP contribution is 2.70. The number of rotatable bonds is 3. The van der Waals surface area contributed by atoms with Gasteiger partial charge in [-0.2, -0.15) is 0 Å². The lowest BCUT2D eigenvalue weighted by molar-refractivity contribution is -0.122. The van der Waals surface area contributed by atoms with E-state index in [2.05, 4.69) is 56.1 Å². The van der Waals surface area contributed by atoms with Gasteiger partial charge in [-0.25, -0.2) is 4.90 Å². The van der Waals surface area contributed by atoms with Crippen molar-refractivity contribution in [3.05, 3.63) is 95.1 Å². The predicted molar refractivity (Wildman–Crippen MR) is 129 cm³/mol. The summed E-state index contributed by atoms with van der Waals surface area (Å²) in [5.41, 5.74) is 4.70. The molecule has 0 spiro atoms. The molecule has 3 aromatic carbocycles. The van der Waals surface area contributed by atoms with E-state index in [1.165, 1.54) is 4.90 Å². The lowest BCUT2D eigenvalue weighted by Crippen LogP contribution is -2.56. The van der Waals surface area contributed by atoms with Crippen LogP contribution in [-0.4, -0.2) is 18.4 Å². The Morgan fingerprint density at radius 3 is 1.53 bits per heavy atom. The third-order valence-corrected chi connectivity index (χ3v) is 9.69. The van der Waals surface area contributed by atoms with Crippen molar-refractivity contribution in [2.75, 3.05) is 11.5 Å². The maximum absolute atomic E-state index is 13.9. The minimum Gasteiger partial charge on any atom is -0.494 e. The Morgan fingerprint density at radius 2 is 1.16 bits per heavy atom. The molecular weight excluding hydrogens is 534 g/mol. The molecule has 0 N–H and O–H groups in total. The van der Waals surface area contributed by atoms with Gasteiger partial charge in [-0.3, -0.25) is 9.59 Å². The Labute approximate surface area is 202 Å². The Bertz CT molecular complexity index is 1160. The molecule has 3 aromatic rings. The number of carbonyl (C=O) groups is 2. The highest BCUT2D eigenvalue weighted by Gasteiger charge is 2.72. The van der Waals surface area contributed by atoms with E-state index in [-0.39, 0.29) is 11.8 Å². The first kappa shape index (κ1) is 20.2. The van der Waals surface area contributed by atoms with Crippen molar-refractivity contribution in [1.29, 1.82) is 0 Å². The van der Waals surface area contributed by atoms with Crippen LogP contribution in [0.5, 0.6) is 5.75 Å². The number of nitrogens with zero attached hydrogens (tertiary/aromatic N) is 1. The summed E-state index contributed by atoms with van der Waals surface area (Å²) in [6, 6.07) is 23.3. The first-order chi connectivity index (χ1) is 15.4. The summed E-state index contributed by atoms with van der Waals surface area (Å²) in [5, 5.41) is 0. The molecule has 4 aliphatic rings. The average molecular weight is 553 g/mol. The number of amides is 2. The average Bonchev–Trinajstić information content (AvgIpc) is 3.09. The van der Waals surface area contributed by atoms with Gasteiger partial charge in [0.1, 0.15) is 5.75 Å². The zero-order chi connectivity index (χ0) is 22.3. The largest absolute Gasteiger partial charge is 0.494 e. The molecule has 6 heteroatoms. The second kappa shape index (κ2) is 6.78. The summed E-state index contributed by atoms with van der Waals surface area (Å²) < 4.78 is 3.99. The number of imide groups is 1. The lowest BCUT2D eigenvalue weighted by atomic mass is 9.54. The van der Waals surface area contributed by atoms with Crippen LogP contribution in [0.15, 0.2) is 72.8 Å². The minimum atomic E-state index is -0.771. The molecule has 1 heterocycles. The van der Waals surface area contributed by atoms with Gasteiger partial charge in [-0.1, -0.05) is 80.4 Å². The molecule has 32 heavy (non-hydrogen) atoms. The topological polar surface area (TPSA) is 46.6 Å². The fourth-order valence-electron chi connectivity index (χ4n) is 5.78. The highest BCUT2D eigenvalue weighted by molar-refractivity contribution is 9.10. The molecular formula is C26H19Br2NO3. The van der Waals surface area contributed by atoms with Crippen molar-refractivity contribution in [1.82, 2.24) is 0 Å². The SMILES string of the molecule is CCOc1ccc(N2C(=O)[C@@H]3[C@@H](C2=O)C2(Br)c4ccccc4C3(Br)c3ccccc32)cc1. The quantitative estimate of drug-likeness (QED) is 0.318. The van der Waals surface area contributed by atoms with Gasteiger partial charge in [0.25, 0.3) is 0 Å². The van der Waals surface area contributed by atoms with E-state index in [0.29, 0.717) is 18.0 Å². The minimum absolute atomic E-state index is 0.186. The fourth-order valence-corrected chi connectivity index (χ4v) is 8.08. The Morgan fingerprint density at radius 1 is 0.750 bits per heavy atom. The zero-order valence-electron chi connectivity index (χ0n) is 17.2. The van der Waals surface area contributed by atoms with Gasteiger partial charge in [0.2, 0.25) is 11.8 Å². The van der Waals surface area contributed by atoms with Crippen molar-refractivity contribution < 1.29 is 14.3 Å². The fraction of sp³-hybridized carbons (Fsp3) is 0.231. The number of benzene rings is 3. The highest BCUT2D eigenvalue weighted by atomic mass is 79.9. The zero-order valence-corrected chi connectivity index (χ0v) is 20.4. The number of ether oxygens (including phenoxy) is 1. The van der Waals surface area contributed by atoms with E-state index in [9.17, 15) is 9.59 Å². The van der Waals surface area contributed by atoms with Gasteiger partial charge in [0.15, 0.2) is 0 Å². The number of hydrogen-bond donors (Lipinski definition) is 0. The van der Waals surface area contributed by atoms with Gasteiger partial charge in [-0.15, -0.1) is 0 Å². The summed E-state index contributed by atoms with van der Waals surface area (Å²) in [5.74, 6) is -0.791. The number of halogens is 2. The van der Waals surface area contributed by atoms with Gasteiger partial charge in [-0.05, 0) is 53.4 Å². The number of alkyl halides is 2. The van der Waals surface area contributed by atoms with Crippen molar-refractivity contribution in [3.8, 4) is 5.75 Å². The van der Waals surface area contributed by atoms with E-state index in [1.807, 2.05) is 31.2 Å². The van der Waals surface area contributed by atoms with Gasteiger partial charge in [0.05, 0.1) is 32.8 Å². The Kier molecular flexibility index (Phi) is 4.28. The van der Waals surface area contributed by atoms with E-state index in [0.717, 1.165) is 22.3 Å². The van der Waals surface area contributed by atoms with Gasteiger partial charge < -0.3 is 4.74 Å². The molecule has 2 amide bonds. The molecule has 4 nitrogen and oxygen atoms in total. The molecule has 1 saturated heterocycles. The van der Waals surface area contributed by atoms with Crippen molar-refractivity contribution >= 4 is 49.4 Å². The summed E-state index contributed by atoms with van der Waals surface area (Å²) in [6.45, 7) is 2.47. The molecule has 0 radical (unpaired) electrons. The maximum Gasteiger partial charge on any atom is 0.239 e. The van der Waals surface area contributed by atoms with Crippen LogP contribution in [0.1, 0.15) is 29.2 Å². The van der Waals surface area contributed by atoms with Crippen LogP contribution in [0.4, 0.5) is 5.69 Å². The molecule has 0 unspecified atom stereocenters. The third kappa shape index (κ3) is 2.27. The molecule has 3 aliphatic carbocycles. The Balaban J connectivity index is 1.57. The summed E-state index contributed by atoms with van der Waals surface area (Å²) >= 11 is 8.04. The summed E-state index contributed by atoms with van der Waals surface area (Å²) in [4.78, 5) is 29.2. The molecule has 1 fully saturated rings. The second-order valence-electron chi connectivity index (χ2n) is 8.41. The van der Waals surface area contributed by atoms with Crippen LogP contribution in [0.2, 0.25) is 0 Å². The summed E-state index contributed by atoms with van der Waals surface area (Å²) in [7, 11) is 0. The first-order valence-corrected chi connectivity index (χ1v) is 12.2. The van der Waals surface area contributed by atoms with E-state index < -0.39 is 20.5 Å². The molecule has 0 saturated carbocycles. The molecule has 2 atom stereocenters. The third-order valence-electron chi connectivity index (χ3n) is 6.99. The molecule has 0 aromatic heterocycles. The predicted octanol–water partition coefficient (Wildman–Crippen LogP) is 5.50. The smallest absolute Gasteiger partial charge is 0.239 e. The van der Waals surface area contributed by atoms with E-state index in [4.69, 9.17) is 4.74 Å². The van der Waals surface area contributed by atoms with Crippen molar-refractivity contribution in [3.63, 3.8) is 0 Å². The number of anilines is 1. The molecule has 1 aliphatic heterocycles. The van der Waals surface area contributed by atoms with E-state index >= 15 is 0 Å². The Hall–Kier alpha value is -2.44. The van der Waals surface area contributed by atoms with E-state index in [1.54, 1.807) is 24.3 Å². The second-order valence-corrected chi connectivity index (χ2v) is 10.9. The molecule has 160 valence electrons. The van der Waals surface area contributed by atoms with Gasteiger partial charge in [0, 0.05) is 0 Å². The van der Waals surface area contributed by atoms with Crippen LogP contribution in [0.3, 0.4) is 0 Å².